The summed E-state index contributed by atoms with van der Waals surface area (Å²) in [7, 11) is 0. The van der Waals surface area contributed by atoms with Gasteiger partial charge in [-0.25, -0.2) is 0 Å². The van der Waals surface area contributed by atoms with Gasteiger partial charge >= 0.3 is 0 Å². The van der Waals surface area contributed by atoms with E-state index < -0.39 is 0 Å². The van der Waals surface area contributed by atoms with Crippen molar-refractivity contribution in [2.24, 2.45) is 0 Å². The predicted octanol–water partition coefficient (Wildman–Crippen LogP) is 14.4. The van der Waals surface area contributed by atoms with Gasteiger partial charge in [0.05, 0.1) is 4.70 Å². The van der Waals surface area contributed by atoms with Crippen molar-refractivity contribution in [2.45, 2.75) is 0 Å². The van der Waals surface area contributed by atoms with Gasteiger partial charge in [-0.2, -0.15) is 0 Å². The van der Waals surface area contributed by atoms with Crippen LogP contribution in [-0.2, 0) is 0 Å². The SMILES string of the molecule is c1ccc(-c2c3ccccc3c(-c3ccc(-c4ccc5sc6c(ccc7c6oc6ccc8ccccc8c67)c5c4)cc3)c3ccccc23)cc1. The molecular weight excluding hydrogens is 625 g/mol. The first-order valence-electron chi connectivity index (χ1n) is 17.1. The quantitative estimate of drug-likeness (QED) is 0.173. The van der Waals surface area contributed by atoms with Gasteiger partial charge in [0.15, 0.2) is 5.58 Å². The molecule has 0 unspecified atom stereocenters. The maximum atomic E-state index is 6.58. The Kier molecular flexibility index (Phi) is 5.89. The zero-order valence-corrected chi connectivity index (χ0v) is 27.8. The molecule has 0 amide bonds. The second-order valence-corrected chi connectivity index (χ2v) is 14.2. The summed E-state index contributed by atoms with van der Waals surface area (Å²) in [5.41, 5.74) is 9.40. The summed E-state index contributed by atoms with van der Waals surface area (Å²) < 4.78 is 9.06. The molecule has 0 aliphatic heterocycles. The van der Waals surface area contributed by atoms with Crippen molar-refractivity contribution < 1.29 is 4.42 Å². The third-order valence-electron chi connectivity index (χ3n) is 10.5. The highest BCUT2D eigenvalue weighted by Crippen LogP contribution is 2.46. The average Bonchev–Trinajstić information content (AvgIpc) is 3.76. The van der Waals surface area contributed by atoms with Crippen molar-refractivity contribution in [1.82, 2.24) is 0 Å². The van der Waals surface area contributed by atoms with Crippen LogP contribution in [0, 0.1) is 0 Å². The van der Waals surface area contributed by atoms with Gasteiger partial charge in [0.25, 0.3) is 0 Å². The molecule has 9 aromatic carbocycles. The average molecular weight is 653 g/mol. The molecule has 0 aliphatic rings. The lowest BCUT2D eigenvalue weighted by Crippen LogP contribution is -1.90. The van der Waals surface area contributed by atoms with Crippen LogP contribution in [0.1, 0.15) is 0 Å². The van der Waals surface area contributed by atoms with Crippen molar-refractivity contribution in [3.63, 3.8) is 0 Å². The minimum Gasteiger partial charge on any atom is -0.455 e. The summed E-state index contributed by atoms with van der Waals surface area (Å²) >= 11 is 1.82. The molecule has 11 aromatic rings. The first-order chi connectivity index (χ1) is 24.8. The highest BCUT2D eigenvalue weighted by atomic mass is 32.1. The summed E-state index contributed by atoms with van der Waals surface area (Å²) in [5.74, 6) is 0. The third kappa shape index (κ3) is 4.00. The standard InChI is InChI=1S/C48H28OS/c1-2-11-31(12-3-1)44-35-14-6-8-16-37(35)45(38-17-9-7-15-36(38)44)32-20-18-29(19-21-32)33-23-27-43-41(28-33)39-24-25-40-46-34-13-5-4-10-30(34)22-26-42(46)49-47(40)48(39)50-43/h1-28H. The van der Waals surface area contributed by atoms with E-state index in [1.54, 1.807) is 0 Å². The number of furan rings is 1. The molecule has 0 bridgehead atoms. The van der Waals surface area contributed by atoms with Crippen LogP contribution in [0.4, 0.5) is 0 Å². The first-order valence-corrected chi connectivity index (χ1v) is 17.9. The van der Waals surface area contributed by atoms with Crippen LogP contribution in [0.2, 0.25) is 0 Å². The Bertz CT molecular complexity index is 3070. The van der Waals surface area contributed by atoms with Crippen molar-refractivity contribution in [3.8, 4) is 33.4 Å². The Balaban J connectivity index is 1.05. The van der Waals surface area contributed by atoms with E-state index in [1.165, 1.54) is 96.6 Å². The van der Waals surface area contributed by atoms with Gasteiger partial charge in [0.1, 0.15) is 5.58 Å². The molecule has 0 aliphatic carbocycles. The van der Waals surface area contributed by atoms with Crippen molar-refractivity contribution in [3.05, 3.63) is 170 Å². The van der Waals surface area contributed by atoms with E-state index >= 15 is 0 Å². The molecule has 2 heterocycles. The molecule has 1 nitrogen and oxygen atoms in total. The second kappa shape index (κ2) is 10.6. The van der Waals surface area contributed by atoms with Gasteiger partial charge in [-0.3, -0.25) is 0 Å². The van der Waals surface area contributed by atoms with Crippen LogP contribution >= 0.6 is 11.3 Å². The van der Waals surface area contributed by atoms with Crippen LogP contribution < -0.4 is 0 Å². The molecule has 0 fully saturated rings. The van der Waals surface area contributed by atoms with E-state index in [9.17, 15) is 0 Å². The van der Waals surface area contributed by atoms with E-state index in [1.807, 2.05) is 11.3 Å². The second-order valence-electron chi connectivity index (χ2n) is 13.2. The van der Waals surface area contributed by atoms with Crippen molar-refractivity contribution >= 4 is 85.8 Å². The smallest absolute Gasteiger partial charge is 0.153 e. The molecule has 11 rings (SSSR count). The molecule has 0 spiro atoms. The Labute approximate surface area is 292 Å². The summed E-state index contributed by atoms with van der Waals surface area (Å²) in [4.78, 5) is 0. The van der Waals surface area contributed by atoms with E-state index in [0.29, 0.717) is 0 Å². The minimum absolute atomic E-state index is 0.944. The number of thiophene rings is 1. The molecule has 0 N–H and O–H groups in total. The lowest BCUT2D eigenvalue weighted by atomic mass is 9.86. The van der Waals surface area contributed by atoms with E-state index in [2.05, 4.69) is 170 Å². The van der Waals surface area contributed by atoms with Crippen molar-refractivity contribution in [2.75, 3.05) is 0 Å². The van der Waals surface area contributed by atoms with Crippen LogP contribution in [-0.4, -0.2) is 0 Å². The molecule has 50 heavy (non-hydrogen) atoms. The van der Waals surface area contributed by atoms with Gasteiger partial charge in [-0.15, -0.1) is 11.3 Å². The van der Waals surface area contributed by atoms with Crippen LogP contribution in [0.3, 0.4) is 0 Å². The Morgan fingerprint density at radius 2 is 0.920 bits per heavy atom. The van der Waals surface area contributed by atoms with Gasteiger partial charge < -0.3 is 4.42 Å². The lowest BCUT2D eigenvalue weighted by Gasteiger charge is -2.18. The zero-order chi connectivity index (χ0) is 32.8. The van der Waals surface area contributed by atoms with E-state index in [0.717, 1.165) is 11.2 Å². The highest BCUT2D eigenvalue weighted by molar-refractivity contribution is 7.26. The van der Waals surface area contributed by atoms with Crippen LogP contribution in [0.25, 0.3) is 108 Å². The summed E-state index contributed by atoms with van der Waals surface area (Å²) in [6, 6.07) is 61.9. The summed E-state index contributed by atoms with van der Waals surface area (Å²) in [6.07, 6.45) is 0. The maximum Gasteiger partial charge on any atom is 0.153 e. The topological polar surface area (TPSA) is 13.1 Å². The van der Waals surface area contributed by atoms with E-state index in [4.69, 9.17) is 4.42 Å². The first kappa shape index (κ1) is 27.7. The van der Waals surface area contributed by atoms with Crippen molar-refractivity contribution in [1.29, 1.82) is 0 Å². The molecule has 0 radical (unpaired) electrons. The Morgan fingerprint density at radius 3 is 1.62 bits per heavy atom. The number of rotatable bonds is 3. The third-order valence-corrected chi connectivity index (χ3v) is 11.7. The fourth-order valence-corrected chi connectivity index (χ4v) is 9.37. The van der Waals surface area contributed by atoms with Gasteiger partial charge in [-0.1, -0.05) is 146 Å². The van der Waals surface area contributed by atoms with Gasteiger partial charge in [0, 0.05) is 26.2 Å². The van der Waals surface area contributed by atoms with E-state index in [-0.39, 0.29) is 0 Å². The monoisotopic (exact) mass is 652 g/mol. The molecule has 232 valence electrons. The predicted molar refractivity (Wildman–Crippen MR) is 215 cm³/mol. The fourth-order valence-electron chi connectivity index (χ4n) is 8.20. The normalized spacial score (nSPS) is 12.0. The molecule has 2 aromatic heterocycles. The number of fused-ring (bicyclic) bond motifs is 11. The lowest BCUT2D eigenvalue weighted by molar-refractivity contribution is 0.673. The highest BCUT2D eigenvalue weighted by Gasteiger charge is 2.18. The number of hydrogen-bond donors (Lipinski definition) is 0. The Hall–Kier alpha value is -6.22. The van der Waals surface area contributed by atoms with Crippen LogP contribution in [0.5, 0.6) is 0 Å². The number of benzene rings is 9. The molecule has 0 saturated heterocycles. The summed E-state index contributed by atoms with van der Waals surface area (Å²) in [5, 5.41) is 12.5. The zero-order valence-electron chi connectivity index (χ0n) is 27.0. The van der Waals surface area contributed by atoms with Gasteiger partial charge in [0.2, 0.25) is 0 Å². The number of hydrogen-bond acceptors (Lipinski definition) is 2. The van der Waals surface area contributed by atoms with Crippen LogP contribution in [0.15, 0.2) is 174 Å². The molecule has 2 heteroatoms. The molecular formula is C48H28OS. The summed E-state index contributed by atoms with van der Waals surface area (Å²) in [6.45, 7) is 0. The largest absolute Gasteiger partial charge is 0.455 e. The Morgan fingerprint density at radius 1 is 0.360 bits per heavy atom. The maximum absolute atomic E-state index is 6.58. The minimum atomic E-state index is 0.944. The molecule has 0 atom stereocenters. The van der Waals surface area contributed by atoms with Gasteiger partial charge in [-0.05, 0) is 90.0 Å². The fraction of sp³-hybridized carbons (Fsp3) is 0. The molecule has 0 saturated carbocycles.